The predicted octanol–water partition coefficient (Wildman–Crippen LogP) is 3.13. The van der Waals surface area contributed by atoms with Gasteiger partial charge in [0.2, 0.25) is 0 Å². The highest BCUT2D eigenvalue weighted by Crippen LogP contribution is 2.28. The van der Waals surface area contributed by atoms with Crippen LogP contribution in [0.25, 0.3) is 22.3 Å². The summed E-state index contributed by atoms with van der Waals surface area (Å²) in [6.07, 6.45) is 5.21. The minimum Gasteiger partial charge on any atom is -0.320 e. The van der Waals surface area contributed by atoms with Gasteiger partial charge in [-0.1, -0.05) is 30.7 Å². The van der Waals surface area contributed by atoms with Gasteiger partial charge < -0.3 is 5.32 Å². The highest BCUT2D eigenvalue weighted by atomic mass is 28.1. The molecule has 5 rings (SSSR count). The molecule has 1 aliphatic heterocycles. The van der Waals surface area contributed by atoms with Gasteiger partial charge >= 0.3 is 0 Å². The van der Waals surface area contributed by atoms with Crippen molar-refractivity contribution < 1.29 is 13.6 Å². The van der Waals surface area contributed by atoms with Crippen LogP contribution < -0.4 is 10.5 Å². The molecule has 0 saturated carbocycles. The zero-order valence-corrected chi connectivity index (χ0v) is 20.9. The number of pyridine rings is 1. The van der Waals surface area contributed by atoms with Crippen LogP contribution in [0.4, 0.5) is 14.5 Å². The van der Waals surface area contributed by atoms with E-state index >= 15 is 0 Å². The molecule has 174 valence electrons. The number of aromatic amines is 1. The Bertz CT molecular complexity index is 1370. The molecular formula is C25H25F2N5OSi. The van der Waals surface area contributed by atoms with Crippen LogP contribution in [0.3, 0.4) is 0 Å². The van der Waals surface area contributed by atoms with Gasteiger partial charge in [-0.15, -0.1) is 0 Å². The lowest BCUT2D eigenvalue weighted by atomic mass is 10.0. The first-order valence-electron chi connectivity index (χ1n) is 11.4. The molecule has 1 aliphatic rings. The van der Waals surface area contributed by atoms with Crippen LogP contribution in [0.5, 0.6) is 0 Å². The number of amides is 1. The van der Waals surface area contributed by atoms with Gasteiger partial charge in [0.15, 0.2) is 5.65 Å². The number of piperidine rings is 1. The molecule has 2 aromatic carbocycles. The van der Waals surface area contributed by atoms with Gasteiger partial charge in [0.25, 0.3) is 5.91 Å². The standard InChI is InChI=1S/C25H25F2N5OSi/c26-19-7-8-20(34)22(27)21(19)25(33)29-17-12-18-23(30-31-24(18)28-13-17)16-6-4-5-15(11-16)14-32-9-2-1-3-10-32/h4-8,11-13H,1-3,9-10,14H2,34H3,(H,29,33)(H,28,30,31). The van der Waals surface area contributed by atoms with E-state index in [1.165, 1.54) is 37.1 Å². The second kappa shape index (κ2) is 9.44. The van der Waals surface area contributed by atoms with Crippen molar-refractivity contribution in [2.24, 2.45) is 0 Å². The van der Waals surface area contributed by atoms with Crippen molar-refractivity contribution in [3.05, 3.63) is 71.4 Å². The van der Waals surface area contributed by atoms with Gasteiger partial charge in [0.1, 0.15) is 22.9 Å². The molecule has 0 unspecified atom stereocenters. The van der Waals surface area contributed by atoms with Gasteiger partial charge in [-0.2, -0.15) is 5.10 Å². The summed E-state index contributed by atoms with van der Waals surface area (Å²) in [5.74, 6) is -2.55. The Morgan fingerprint density at radius 2 is 1.94 bits per heavy atom. The summed E-state index contributed by atoms with van der Waals surface area (Å²) >= 11 is 0. The molecule has 0 aliphatic carbocycles. The van der Waals surface area contributed by atoms with E-state index in [2.05, 4.69) is 37.5 Å². The number of likely N-dealkylation sites (tertiary alicyclic amines) is 1. The number of hydrogen-bond acceptors (Lipinski definition) is 4. The van der Waals surface area contributed by atoms with Crippen molar-refractivity contribution in [2.45, 2.75) is 25.8 Å². The van der Waals surface area contributed by atoms with Crippen molar-refractivity contribution in [3.63, 3.8) is 0 Å². The van der Waals surface area contributed by atoms with E-state index < -0.39 is 23.1 Å². The van der Waals surface area contributed by atoms with Crippen LogP contribution in [0.2, 0.25) is 0 Å². The molecular weight excluding hydrogens is 452 g/mol. The maximum atomic E-state index is 14.4. The Labute approximate surface area is 198 Å². The first-order chi connectivity index (χ1) is 16.5. The molecule has 0 bridgehead atoms. The number of benzene rings is 2. The number of nitrogens with zero attached hydrogens (tertiary/aromatic N) is 3. The Balaban J connectivity index is 1.42. The second-order valence-corrected chi connectivity index (χ2v) is 9.81. The Morgan fingerprint density at radius 1 is 1.12 bits per heavy atom. The first-order valence-corrected chi connectivity index (χ1v) is 12.4. The summed E-state index contributed by atoms with van der Waals surface area (Å²) in [5.41, 5.74) is 3.17. The maximum absolute atomic E-state index is 14.4. The molecule has 1 saturated heterocycles. The lowest BCUT2D eigenvalue weighted by molar-refractivity contribution is 0.101. The predicted molar refractivity (Wildman–Crippen MR) is 132 cm³/mol. The Morgan fingerprint density at radius 3 is 2.76 bits per heavy atom. The molecule has 34 heavy (non-hydrogen) atoms. The monoisotopic (exact) mass is 477 g/mol. The highest BCUT2D eigenvalue weighted by molar-refractivity contribution is 6.33. The number of fused-ring (bicyclic) bond motifs is 1. The van der Waals surface area contributed by atoms with Crippen molar-refractivity contribution in [2.75, 3.05) is 18.4 Å². The van der Waals surface area contributed by atoms with Crippen molar-refractivity contribution in [3.8, 4) is 11.3 Å². The third-order valence-electron chi connectivity index (χ3n) is 6.24. The average molecular weight is 478 g/mol. The number of rotatable bonds is 5. The van der Waals surface area contributed by atoms with E-state index in [1.54, 1.807) is 6.07 Å². The van der Waals surface area contributed by atoms with Crippen LogP contribution in [0.15, 0.2) is 48.7 Å². The topological polar surface area (TPSA) is 73.9 Å². The lowest BCUT2D eigenvalue weighted by Crippen LogP contribution is -2.29. The van der Waals surface area contributed by atoms with Crippen molar-refractivity contribution in [1.82, 2.24) is 20.1 Å². The van der Waals surface area contributed by atoms with Crippen LogP contribution in [0.1, 0.15) is 35.2 Å². The molecule has 9 heteroatoms. The Kier molecular flexibility index (Phi) is 6.21. The third-order valence-corrected chi connectivity index (χ3v) is 7.01. The summed E-state index contributed by atoms with van der Waals surface area (Å²) in [5, 5.41) is 11.0. The van der Waals surface area contributed by atoms with E-state index in [9.17, 15) is 13.6 Å². The number of halogens is 2. The normalized spacial score (nSPS) is 14.5. The molecule has 1 amide bonds. The van der Waals surface area contributed by atoms with E-state index in [-0.39, 0.29) is 0 Å². The number of nitrogens with one attached hydrogen (secondary N) is 2. The number of carbonyl (C=O) groups is 1. The summed E-state index contributed by atoms with van der Waals surface area (Å²) in [6, 6.07) is 12.4. The van der Waals surface area contributed by atoms with Crippen molar-refractivity contribution >= 4 is 38.1 Å². The summed E-state index contributed by atoms with van der Waals surface area (Å²) in [7, 11) is 0.370. The smallest absolute Gasteiger partial charge is 0.261 e. The third kappa shape index (κ3) is 4.49. The van der Waals surface area contributed by atoms with E-state index in [0.29, 0.717) is 37.8 Å². The maximum Gasteiger partial charge on any atom is 0.261 e. The fourth-order valence-electron chi connectivity index (χ4n) is 4.44. The lowest BCUT2D eigenvalue weighted by Gasteiger charge is -2.26. The largest absolute Gasteiger partial charge is 0.320 e. The summed E-state index contributed by atoms with van der Waals surface area (Å²) in [6.45, 7) is 3.13. The molecule has 6 nitrogen and oxygen atoms in total. The summed E-state index contributed by atoms with van der Waals surface area (Å²) < 4.78 is 28.6. The van der Waals surface area contributed by atoms with Gasteiger partial charge in [-0.05, 0) is 54.9 Å². The van der Waals surface area contributed by atoms with Crippen LogP contribution >= 0.6 is 0 Å². The van der Waals surface area contributed by atoms with E-state index in [4.69, 9.17) is 0 Å². The number of H-pyrrole nitrogens is 1. The van der Waals surface area contributed by atoms with Crippen LogP contribution in [0, 0.1) is 11.6 Å². The minimum absolute atomic E-state index is 0.335. The Hall–Kier alpha value is -3.43. The second-order valence-electron chi connectivity index (χ2n) is 8.74. The molecule has 0 atom stereocenters. The van der Waals surface area contributed by atoms with Gasteiger partial charge in [-0.3, -0.25) is 14.8 Å². The van der Waals surface area contributed by atoms with Gasteiger partial charge in [-0.25, -0.2) is 13.8 Å². The van der Waals surface area contributed by atoms with Crippen LogP contribution in [-0.4, -0.2) is 49.3 Å². The molecule has 0 radical (unpaired) electrons. The number of hydrogen-bond donors (Lipinski definition) is 2. The number of aromatic nitrogens is 3. The molecule has 2 N–H and O–H groups in total. The average Bonchev–Trinajstić information content (AvgIpc) is 3.26. The first kappa shape index (κ1) is 22.4. The molecule has 1 fully saturated rings. The molecule has 2 aromatic heterocycles. The number of carbonyl (C=O) groups excluding carboxylic acids is 1. The fraction of sp³-hybridized carbons (Fsp3) is 0.240. The zero-order valence-electron chi connectivity index (χ0n) is 18.9. The minimum atomic E-state index is -0.891. The quantitative estimate of drug-likeness (QED) is 0.433. The van der Waals surface area contributed by atoms with Crippen LogP contribution in [-0.2, 0) is 6.54 Å². The van der Waals surface area contributed by atoms with Gasteiger partial charge in [0, 0.05) is 27.7 Å². The number of anilines is 1. The van der Waals surface area contributed by atoms with E-state index in [0.717, 1.165) is 31.3 Å². The highest BCUT2D eigenvalue weighted by Gasteiger charge is 2.20. The van der Waals surface area contributed by atoms with E-state index in [1.807, 2.05) is 12.1 Å². The SMILES string of the molecule is O=C(Nc1cnc2[nH]nc(-c3cccc(CN4CCCCC4)c3)c2c1)c1c(F)ccc([SiH3])c1F. The molecule has 3 heterocycles. The zero-order chi connectivity index (χ0) is 23.7. The van der Waals surface area contributed by atoms with Gasteiger partial charge in [0.05, 0.1) is 11.9 Å². The molecule has 4 aromatic rings. The van der Waals surface area contributed by atoms with Crippen molar-refractivity contribution in [1.29, 1.82) is 0 Å². The summed E-state index contributed by atoms with van der Waals surface area (Å²) in [4.78, 5) is 19.4. The molecule has 0 spiro atoms. The fourth-order valence-corrected chi connectivity index (χ4v) is 4.86.